The summed E-state index contributed by atoms with van der Waals surface area (Å²) >= 11 is 0. The highest BCUT2D eigenvalue weighted by molar-refractivity contribution is 5.87. The Morgan fingerprint density at radius 2 is 2.00 bits per heavy atom. The van der Waals surface area contributed by atoms with Crippen molar-refractivity contribution in [3.63, 3.8) is 0 Å². The first-order valence-electron chi connectivity index (χ1n) is 4.10. The Morgan fingerprint density at radius 3 is 2.42 bits per heavy atom. The molecule has 0 saturated carbocycles. The normalized spacial score (nSPS) is 9.75. The lowest BCUT2D eigenvalue weighted by molar-refractivity contribution is -0.116. The van der Waals surface area contributed by atoms with Crippen LogP contribution in [0.4, 0.5) is 0 Å². The van der Waals surface area contributed by atoms with Crippen LogP contribution in [0.1, 0.15) is 13.8 Å². The molecule has 0 bridgehead atoms. The van der Waals surface area contributed by atoms with E-state index in [1.807, 2.05) is 32.8 Å². The van der Waals surface area contributed by atoms with Gasteiger partial charge in [-0.2, -0.15) is 0 Å². The van der Waals surface area contributed by atoms with Gasteiger partial charge in [0, 0.05) is 19.2 Å². The fourth-order valence-electron chi connectivity index (χ4n) is 0.716. The van der Waals surface area contributed by atoms with E-state index in [2.05, 4.69) is 5.32 Å². The molecule has 0 aliphatic heterocycles. The Bertz CT molecular complexity index is 169. The third-order valence-electron chi connectivity index (χ3n) is 1.28. The molecule has 1 amide bonds. The molecule has 0 heterocycles. The molecule has 0 spiro atoms. The van der Waals surface area contributed by atoms with E-state index >= 15 is 0 Å². The number of likely N-dealkylation sites (N-methyl/N-ethyl adjacent to an activating group) is 1. The standard InChI is InChI=1S/C9H18N2O/c1-8(2)7-9(12)10-5-6-11(3)4/h7H,5-6H2,1-4H3,(H,10,12). The molecule has 0 aromatic carbocycles. The zero-order valence-corrected chi connectivity index (χ0v) is 8.35. The van der Waals surface area contributed by atoms with Crippen LogP contribution in [0, 0.1) is 0 Å². The maximum absolute atomic E-state index is 11.0. The number of carbonyl (C=O) groups excluding carboxylic acids is 1. The van der Waals surface area contributed by atoms with E-state index in [0.29, 0.717) is 6.54 Å². The van der Waals surface area contributed by atoms with Gasteiger partial charge in [-0.1, -0.05) is 5.57 Å². The number of amides is 1. The van der Waals surface area contributed by atoms with Crippen LogP contribution in [0.25, 0.3) is 0 Å². The zero-order chi connectivity index (χ0) is 9.56. The van der Waals surface area contributed by atoms with Crippen molar-refractivity contribution in [2.24, 2.45) is 0 Å². The summed E-state index contributed by atoms with van der Waals surface area (Å²) in [5.74, 6) is -0.00292. The van der Waals surface area contributed by atoms with Gasteiger partial charge < -0.3 is 10.2 Å². The van der Waals surface area contributed by atoms with E-state index in [4.69, 9.17) is 0 Å². The molecular weight excluding hydrogens is 152 g/mol. The summed E-state index contributed by atoms with van der Waals surface area (Å²) in [5, 5.41) is 2.79. The topological polar surface area (TPSA) is 32.3 Å². The Hall–Kier alpha value is -0.830. The van der Waals surface area contributed by atoms with Crippen molar-refractivity contribution in [3.8, 4) is 0 Å². The molecule has 0 saturated heterocycles. The quantitative estimate of drug-likeness (QED) is 0.628. The van der Waals surface area contributed by atoms with Crippen molar-refractivity contribution in [1.29, 1.82) is 0 Å². The summed E-state index contributed by atoms with van der Waals surface area (Å²) in [6, 6.07) is 0. The van der Waals surface area contributed by atoms with Crippen LogP contribution in [0.5, 0.6) is 0 Å². The molecule has 70 valence electrons. The molecule has 0 aliphatic rings. The average Bonchev–Trinajstić information content (AvgIpc) is 1.84. The minimum atomic E-state index is -0.00292. The van der Waals surface area contributed by atoms with Crippen molar-refractivity contribution >= 4 is 5.91 Å². The van der Waals surface area contributed by atoms with Crippen molar-refractivity contribution in [2.45, 2.75) is 13.8 Å². The highest BCUT2D eigenvalue weighted by atomic mass is 16.1. The first kappa shape index (κ1) is 11.2. The third-order valence-corrected chi connectivity index (χ3v) is 1.28. The first-order chi connectivity index (χ1) is 5.52. The summed E-state index contributed by atoms with van der Waals surface area (Å²) in [5.41, 5.74) is 1.03. The Labute approximate surface area is 74.4 Å². The van der Waals surface area contributed by atoms with Crippen LogP contribution >= 0.6 is 0 Å². The number of nitrogens with one attached hydrogen (secondary N) is 1. The third kappa shape index (κ3) is 7.28. The Morgan fingerprint density at radius 1 is 1.42 bits per heavy atom. The summed E-state index contributed by atoms with van der Waals surface area (Å²) in [7, 11) is 3.96. The minimum Gasteiger partial charge on any atom is -0.351 e. The van der Waals surface area contributed by atoms with E-state index in [-0.39, 0.29) is 5.91 Å². The Kier molecular flexibility index (Phi) is 5.37. The number of carbonyl (C=O) groups is 1. The van der Waals surface area contributed by atoms with Gasteiger partial charge in [0.25, 0.3) is 0 Å². The van der Waals surface area contributed by atoms with E-state index in [9.17, 15) is 4.79 Å². The summed E-state index contributed by atoms with van der Waals surface area (Å²) in [6.45, 7) is 5.40. The first-order valence-corrected chi connectivity index (χ1v) is 4.10. The van der Waals surface area contributed by atoms with Crippen LogP contribution in [0.15, 0.2) is 11.6 Å². The highest BCUT2D eigenvalue weighted by Crippen LogP contribution is 1.86. The van der Waals surface area contributed by atoms with Gasteiger partial charge in [-0.05, 0) is 27.9 Å². The maximum atomic E-state index is 11.0. The number of rotatable bonds is 4. The molecule has 0 unspecified atom stereocenters. The number of hydrogen-bond donors (Lipinski definition) is 1. The predicted molar refractivity (Wildman–Crippen MR) is 51.0 cm³/mol. The van der Waals surface area contributed by atoms with Crippen molar-refractivity contribution in [1.82, 2.24) is 10.2 Å². The van der Waals surface area contributed by atoms with Gasteiger partial charge >= 0.3 is 0 Å². The summed E-state index contributed by atoms with van der Waals surface area (Å²) < 4.78 is 0. The maximum Gasteiger partial charge on any atom is 0.243 e. The molecule has 0 aromatic heterocycles. The van der Waals surface area contributed by atoms with Gasteiger partial charge in [0.15, 0.2) is 0 Å². The lowest BCUT2D eigenvalue weighted by atomic mass is 10.3. The van der Waals surface area contributed by atoms with E-state index in [1.165, 1.54) is 0 Å². The van der Waals surface area contributed by atoms with E-state index in [0.717, 1.165) is 12.1 Å². The van der Waals surface area contributed by atoms with Crippen LogP contribution in [0.2, 0.25) is 0 Å². The van der Waals surface area contributed by atoms with Gasteiger partial charge in [0.05, 0.1) is 0 Å². The highest BCUT2D eigenvalue weighted by Gasteiger charge is 1.95. The predicted octanol–water partition coefficient (Wildman–Crippen LogP) is 0.630. The molecule has 3 heteroatoms. The van der Waals surface area contributed by atoms with Crippen molar-refractivity contribution in [2.75, 3.05) is 27.2 Å². The fourth-order valence-corrected chi connectivity index (χ4v) is 0.716. The monoisotopic (exact) mass is 170 g/mol. The molecular formula is C9H18N2O. The van der Waals surface area contributed by atoms with Gasteiger partial charge in [-0.3, -0.25) is 4.79 Å². The molecule has 0 aromatic rings. The smallest absolute Gasteiger partial charge is 0.243 e. The lowest BCUT2D eigenvalue weighted by Gasteiger charge is -2.08. The molecule has 0 fully saturated rings. The van der Waals surface area contributed by atoms with Gasteiger partial charge in [-0.25, -0.2) is 0 Å². The minimum absolute atomic E-state index is 0.00292. The SMILES string of the molecule is CC(C)=CC(=O)NCCN(C)C. The second kappa shape index (κ2) is 5.77. The molecule has 12 heavy (non-hydrogen) atoms. The summed E-state index contributed by atoms with van der Waals surface area (Å²) in [6.07, 6.45) is 1.61. The van der Waals surface area contributed by atoms with Gasteiger partial charge in [0.1, 0.15) is 0 Å². The lowest BCUT2D eigenvalue weighted by Crippen LogP contribution is -2.30. The largest absolute Gasteiger partial charge is 0.351 e. The fraction of sp³-hybridized carbons (Fsp3) is 0.667. The second-order valence-corrected chi connectivity index (χ2v) is 3.32. The second-order valence-electron chi connectivity index (χ2n) is 3.32. The number of nitrogens with zero attached hydrogens (tertiary/aromatic N) is 1. The van der Waals surface area contributed by atoms with Crippen LogP contribution in [-0.4, -0.2) is 38.0 Å². The molecule has 0 rings (SSSR count). The van der Waals surface area contributed by atoms with Crippen LogP contribution in [-0.2, 0) is 4.79 Å². The van der Waals surface area contributed by atoms with Gasteiger partial charge in [0.2, 0.25) is 5.91 Å². The van der Waals surface area contributed by atoms with Gasteiger partial charge in [-0.15, -0.1) is 0 Å². The molecule has 0 aliphatic carbocycles. The molecule has 1 N–H and O–H groups in total. The molecule has 3 nitrogen and oxygen atoms in total. The van der Waals surface area contributed by atoms with E-state index < -0.39 is 0 Å². The molecule has 0 atom stereocenters. The van der Waals surface area contributed by atoms with Crippen molar-refractivity contribution in [3.05, 3.63) is 11.6 Å². The average molecular weight is 170 g/mol. The van der Waals surface area contributed by atoms with E-state index in [1.54, 1.807) is 6.08 Å². The Balaban J connectivity index is 3.52. The van der Waals surface area contributed by atoms with Crippen LogP contribution < -0.4 is 5.32 Å². The van der Waals surface area contributed by atoms with Crippen molar-refractivity contribution < 1.29 is 4.79 Å². The zero-order valence-electron chi connectivity index (χ0n) is 8.35. The van der Waals surface area contributed by atoms with Crippen LogP contribution in [0.3, 0.4) is 0 Å². The number of hydrogen-bond acceptors (Lipinski definition) is 2. The molecule has 0 radical (unpaired) electrons. The number of allylic oxidation sites excluding steroid dienone is 1. The summed E-state index contributed by atoms with van der Waals surface area (Å²) in [4.78, 5) is 13.1.